The van der Waals surface area contributed by atoms with Crippen LogP contribution in [0.2, 0.25) is 0 Å². The highest BCUT2D eigenvalue weighted by atomic mass is 32.2. The lowest BCUT2D eigenvalue weighted by Crippen LogP contribution is -2.42. The lowest BCUT2D eigenvalue weighted by atomic mass is 9.94. The minimum Gasteiger partial charge on any atom is -0.454 e. The van der Waals surface area contributed by atoms with Crippen LogP contribution in [0.15, 0.2) is 47.4 Å². The Morgan fingerprint density at radius 1 is 1.00 bits per heavy atom. The number of carbonyl (C=O) groups is 1. The topological polar surface area (TPSA) is 82.1 Å². The lowest BCUT2D eigenvalue weighted by Gasteiger charge is -2.34. The number of benzene rings is 2. The summed E-state index contributed by atoms with van der Waals surface area (Å²) >= 11 is 0. The first-order valence-electron chi connectivity index (χ1n) is 9.55. The predicted octanol–water partition coefficient (Wildman–Crippen LogP) is 3.30. The van der Waals surface area contributed by atoms with Gasteiger partial charge in [-0.3, -0.25) is 0 Å². The molecule has 2 aliphatic heterocycles. The molecule has 4 rings (SSSR count). The minimum atomic E-state index is -3.59. The molecular formula is C21H23NO6S. The molecule has 1 saturated heterocycles. The maximum Gasteiger partial charge on any atom is 0.343 e. The van der Waals surface area contributed by atoms with Gasteiger partial charge in [0.2, 0.25) is 16.8 Å². The fourth-order valence-corrected chi connectivity index (χ4v) is 5.50. The van der Waals surface area contributed by atoms with Gasteiger partial charge in [0.25, 0.3) is 0 Å². The molecule has 2 aromatic rings. The van der Waals surface area contributed by atoms with E-state index in [1.54, 1.807) is 18.2 Å². The largest absolute Gasteiger partial charge is 0.454 e. The quantitative estimate of drug-likeness (QED) is 0.561. The third kappa shape index (κ3) is 4.09. The molecule has 2 atom stereocenters. The van der Waals surface area contributed by atoms with Crippen LogP contribution in [0.25, 0.3) is 0 Å². The second kappa shape index (κ2) is 7.68. The zero-order valence-electron chi connectivity index (χ0n) is 16.3. The van der Waals surface area contributed by atoms with E-state index in [1.807, 2.05) is 0 Å². The van der Waals surface area contributed by atoms with Crippen molar-refractivity contribution >= 4 is 16.0 Å². The summed E-state index contributed by atoms with van der Waals surface area (Å²) in [6.45, 7) is 5.29. The molecule has 0 amide bonds. The lowest BCUT2D eigenvalue weighted by molar-refractivity contribution is 0.0734. The normalized spacial score (nSPS) is 21.7. The number of piperidine rings is 1. The predicted molar refractivity (Wildman–Crippen MR) is 106 cm³/mol. The molecule has 0 radical (unpaired) electrons. The fraction of sp³-hybridized carbons (Fsp3) is 0.381. The van der Waals surface area contributed by atoms with E-state index in [4.69, 9.17) is 14.2 Å². The van der Waals surface area contributed by atoms with E-state index >= 15 is 0 Å². The van der Waals surface area contributed by atoms with Gasteiger partial charge in [-0.15, -0.1) is 0 Å². The average molecular weight is 417 g/mol. The number of carbonyl (C=O) groups excluding carboxylic acids is 1. The molecule has 0 spiro atoms. The van der Waals surface area contributed by atoms with Crippen molar-refractivity contribution in [3.63, 3.8) is 0 Å². The number of hydrogen-bond acceptors (Lipinski definition) is 6. The Labute approximate surface area is 170 Å². The Kier molecular flexibility index (Phi) is 5.23. The molecule has 2 aromatic carbocycles. The average Bonchev–Trinajstić information content (AvgIpc) is 3.15. The molecule has 0 aliphatic carbocycles. The van der Waals surface area contributed by atoms with E-state index in [0.29, 0.717) is 42.2 Å². The molecule has 0 bridgehead atoms. The molecule has 2 aliphatic rings. The second-order valence-corrected chi connectivity index (χ2v) is 9.63. The summed E-state index contributed by atoms with van der Waals surface area (Å²) in [6.07, 6.45) is 1.02. The minimum absolute atomic E-state index is 0.136. The van der Waals surface area contributed by atoms with Gasteiger partial charge in [-0.05, 0) is 54.7 Å². The van der Waals surface area contributed by atoms with E-state index in [2.05, 4.69) is 13.8 Å². The van der Waals surface area contributed by atoms with E-state index in [9.17, 15) is 13.2 Å². The summed E-state index contributed by atoms with van der Waals surface area (Å²) in [5.74, 6) is 1.51. The first kappa shape index (κ1) is 19.7. The number of ether oxygens (including phenoxy) is 3. The van der Waals surface area contributed by atoms with Crippen LogP contribution in [0.5, 0.6) is 17.2 Å². The Morgan fingerprint density at radius 3 is 2.34 bits per heavy atom. The van der Waals surface area contributed by atoms with Gasteiger partial charge in [-0.2, -0.15) is 4.31 Å². The van der Waals surface area contributed by atoms with Crippen molar-refractivity contribution in [2.75, 3.05) is 19.9 Å². The molecule has 0 aromatic heterocycles. The van der Waals surface area contributed by atoms with E-state index in [1.165, 1.54) is 28.6 Å². The van der Waals surface area contributed by atoms with Crippen molar-refractivity contribution in [2.24, 2.45) is 11.8 Å². The fourth-order valence-electron chi connectivity index (χ4n) is 3.82. The highest BCUT2D eigenvalue weighted by molar-refractivity contribution is 7.89. The maximum atomic E-state index is 12.9. The monoisotopic (exact) mass is 417 g/mol. The molecule has 0 N–H and O–H groups in total. The zero-order valence-corrected chi connectivity index (χ0v) is 17.1. The number of sulfonamides is 1. The summed E-state index contributed by atoms with van der Waals surface area (Å²) in [6, 6.07) is 10.7. The van der Waals surface area contributed by atoms with Gasteiger partial charge < -0.3 is 14.2 Å². The Bertz CT molecular complexity index is 1010. The highest BCUT2D eigenvalue weighted by Gasteiger charge is 2.31. The molecule has 1 fully saturated rings. The zero-order chi connectivity index (χ0) is 20.6. The van der Waals surface area contributed by atoms with Gasteiger partial charge in [0.15, 0.2) is 11.5 Å². The summed E-state index contributed by atoms with van der Waals surface area (Å²) in [5.41, 5.74) is 0.266. The van der Waals surface area contributed by atoms with Gasteiger partial charge in [-0.25, -0.2) is 13.2 Å². The molecule has 0 unspecified atom stereocenters. The molecule has 7 nitrogen and oxygen atoms in total. The molecular weight excluding hydrogens is 394 g/mol. The number of fused-ring (bicyclic) bond motifs is 1. The summed E-state index contributed by atoms with van der Waals surface area (Å²) in [4.78, 5) is 12.6. The van der Waals surface area contributed by atoms with Crippen LogP contribution >= 0.6 is 0 Å². The summed E-state index contributed by atoms with van der Waals surface area (Å²) in [5, 5.41) is 0. The third-order valence-corrected chi connectivity index (χ3v) is 6.96. The van der Waals surface area contributed by atoms with Crippen molar-refractivity contribution in [2.45, 2.75) is 25.2 Å². The Hall–Kier alpha value is -2.58. The smallest absolute Gasteiger partial charge is 0.343 e. The SMILES string of the molecule is C[C@@H]1C[C@@H](C)CN(S(=O)(=O)c2ccc(C(=O)Oc3ccc4c(c3)OCO4)cc2)C1. The number of hydrogen-bond donors (Lipinski definition) is 0. The first-order chi connectivity index (χ1) is 13.8. The van der Waals surface area contributed by atoms with Gasteiger partial charge in [0.05, 0.1) is 10.5 Å². The van der Waals surface area contributed by atoms with E-state index < -0.39 is 16.0 Å². The molecule has 8 heteroatoms. The molecule has 154 valence electrons. The molecule has 29 heavy (non-hydrogen) atoms. The van der Waals surface area contributed by atoms with Gasteiger partial charge in [0.1, 0.15) is 5.75 Å². The van der Waals surface area contributed by atoms with Crippen LogP contribution in [-0.2, 0) is 10.0 Å². The standard InChI is InChI=1S/C21H23NO6S/c1-14-9-15(2)12-22(11-14)29(24,25)18-6-3-16(4-7-18)21(23)28-17-5-8-19-20(10-17)27-13-26-19/h3-8,10,14-15H,9,11-13H2,1-2H3/t14-,15-/m1/s1. The summed E-state index contributed by atoms with van der Waals surface area (Å²) < 4.78 is 43.3. The van der Waals surface area contributed by atoms with Crippen LogP contribution in [0, 0.1) is 11.8 Å². The molecule has 0 saturated carbocycles. The number of nitrogens with zero attached hydrogens (tertiary/aromatic N) is 1. The summed E-state index contributed by atoms with van der Waals surface area (Å²) in [7, 11) is -3.59. The maximum absolute atomic E-state index is 12.9. The second-order valence-electron chi connectivity index (χ2n) is 7.70. The third-order valence-electron chi connectivity index (χ3n) is 5.12. The first-order valence-corrected chi connectivity index (χ1v) is 11.0. The van der Waals surface area contributed by atoms with Crippen molar-refractivity contribution in [3.05, 3.63) is 48.0 Å². The Morgan fingerprint density at radius 2 is 1.66 bits per heavy atom. The highest BCUT2D eigenvalue weighted by Crippen LogP contribution is 2.35. The van der Waals surface area contributed by atoms with Gasteiger partial charge in [0, 0.05) is 19.2 Å². The Balaban J connectivity index is 1.47. The van der Waals surface area contributed by atoms with E-state index in [-0.39, 0.29) is 17.3 Å². The van der Waals surface area contributed by atoms with Crippen molar-refractivity contribution in [1.82, 2.24) is 4.31 Å². The van der Waals surface area contributed by atoms with Gasteiger partial charge >= 0.3 is 5.97 Å². The van der Waals surface area contributed by atoms with E-state index in [0.717, 1.165) is 6.42 Å². The van der Waals surface area contributed by atoms with Crippen LogP contribution in [-0.4, -0.2) is 38.6 Å². The van der Waals surface area contributed by atoms with Gasteiger partial charge in [-0.1, -0.05) is 13.8 Å². The van der Waals surface area contributed by atoms with Crippen LogP contribution < -0.4 is 14.2 Å². The molecule has 2 heterocycles. The number of esters is 1. The van der Waals surface area contributed by atoms with Crippen LogP contribution in [0.1, 0.15) is 30.6 Å². The number of rotatable bonds is 4. The van der Waals surface area contributed by atoms with Crippen LogP contribution in [0.3, 0.4) is 0 Å². The van der Waals surface area contributed by atoms with Crippen LogP contribution in [0.4, 0.5) is 0 Å². The van der Waals surface area contributed by atoms with Crippen molar-refractivity contribution in [3.8, 4) is 17.2 Å². The van der Waals surface area contributed by atoms with Crippen molar-refractivity contribution in [1.29, 1.82) is 0 Å². The van der Waals surface area contributed by atoms with Crippen molar-refractivity contribution < 1.29 is 27.4 Å².